The number of nitrogens with zero attached hydrogens (tertiary/aromatic N) is 1. The largest absolute Gasteiger partial charge is 0.385 e. The molecule has 0 fully saturated rings. The molecule has 0 aliphatic carbocycles. The molecule has 2 rings (SSSR count). The van der Waals surface area contributed by atoms with E-state index < -0.39 is 0 Å². The zero-order valence-corrected chi connectivity index (χ0v) is 12.8. The second-order valence-electron chi connectivity index (χ2n) is 5.19. The Morgan fingerprint density at radius 3 is 2.76 bits per heavy atom. The SMILES string of the molecule is COCCCN(CCOC)C(=O)C1CNc2ccccc21. The Bertz CT molecular complexity index is 465. The van der Waals surface area contributed by atoms with Crippen LogP contribution in [0, 0.1) is 0 Å². The number of anilines is 1. The monoisotopic (exact) mass is 292 g/mol. The fourth-order valence-electron chi connectivity index (χ4n) is 2.66. The van der Waals surface area contributed by atoms with E-state index in [1.165, 1.54) is 0 Å². The van der Waals surface area contributed by atoms with Crippen LogP contribution >= 0.6 is 0 Å². The minimum absolute atomic E-state index is 0.0967. The van der Waals surface area contributed by atoms with Gasteiger partial charge in [0.05, 0.1) is 12.5 Å². The van der Waals surface area contributed by atoms with Gasteiger partial charge in [-0.3, -0.25) is 4.79 Å². The lowest BCUT2D eigenvalue weighted by Gasteiger charge is -2.25. The highest BCUT2D eigenvalue weighted by molar-refractivity contribution is 5.88. The Morgan fingerprint density at radius 1 is 1.24 bits per heavy atom. The second-order valence-corrected chi connectivity index (χ2v) is 5.19. The standard InChI is InChI=1S/C16H24N2O3/c1-20-10-5-8-18(9-11-21-2)16(19)14-12-17-15-7-4-3-6-13(14)15/h3-4,6-7,14,17H,5,8-12H2,1-2H3. The molecular weight excluding hydrogens is 268 g/mol. The van der Waals surface area contributed by atoms with Crippen LogP contribution in [0.15, 0.2) is 24.3 Å². The maximum atomic E-state index is 12.8. The lowest BCUT2D eigenvalue weighted by Crippen LogP contribution is -2.39. The van der Waals surface area contributed by atoms with Crippen LogP contribution in [0.1, 0.15) is 17.9 Å². The molecule has 1 N–H and O–H groups in total. The highest BCUT2D eigenvalue weighted by Gasteiger charge is 2.31. The third-order valence-corrected chi connectivity index (χ3v) is 3.78. The van der Waals surface area contributed by atoms with E-state index in [1.807, 2.05) is 29.2 Å². The van der Waals surface area contributed by atoms with E-state index >= 15 is 0 Å². The highest BCUT2D eigenvalue weighted by Crippen LogP contribution is 2.32. The summed E-state index contributed by atoms with van der Waals surface area (Å²) in [6, 6.07) is 8.02. The number of rotatable bonds is 8. The van der Waals surface area contributed by atoms with Crippen LogP contribution < -0.4 is 5.32 Å². The van der Waals surface area contributed by atoms with Crippen molar-refractivity contribution in [1.29, 1.82) is 0 Å². The molecule has 21 heavy (non-hydrogen) atoms. The number of ether oxygens (including phenoxy) is 2. The molecule has 1 unspecified atom stereocenters. The number of para-hydroxylation sites is 1. The highest BCUT2D eigenvalue weighted by atomic mass is 16.5. The van der Waals surface area contributed by atoms with Crippen molar-refractivity contribution in [3.63, 3.8) is 0 Å². The molecule has 0 aromatic heterocycles. The van der Waals surface area contributed by atoms with Crippen LogP contribution in [0.4, 0.5) is 5.69 Å². The molecule has 1 amide bonds. The summed E-state index contributed by atoms with van der Waals surface area (Å²) in [5, 5.41) is 3.31. The topological polar surface area (TPSA) is 50.8 Å². The maximum Gasteiger partial charge on any atom is 0.232 e. The number of hydrogen-bond acceptors (Lipinski definition) is 4. The average molecular weight is 292 g/mol. The van der Waals surface area contributed by atoms with Gasteiger partial charge in [-0.1, -0.05) is 18.2 Å². The van der Waals surface area contributed by atoms with E-state index in [1.54, 1.807) is 14.2 Å². The molecule has 5 heteroatoms. The number of benzene rings is 1. The summed E-state index contributed by atoms with van der Waals surface area (Å²) in [6.45, 7) is 3.22. The molecule has 0 radical (unpaired) electrons. The Kier molecular flexibility index (Phi) is 6.02. The van der Waals surface area contributed by atoms with E-state index in [2.05, 4.69) is 5.32 Å². The number of methoxy groups -OCH3 is 2. The summed E-state index contributed by atoms with van der Waals surface area (Å²) in [5.74, 6) is 0.0706. The molecule has 1 heterocycles. The van der Waals surface area contributed by atoms with Crippen LogP contribution in [-0.2, 0) is 14.3 Å². The second kappa shape index (κ2) is 8.00. The quantitative estimate of drug-likeness (QED) is 0.741. The first kappa shape index (κ1) is 15.8. The first-order valence-electron chi connectivity index (χ1n) is 7.37. The van der Waals surface area contributed by atoms with Crippen molar-refractivity contribution in [1.82, 2.24) is 4.90 Å². The normalized spacial score (nSPS) is 16.4. The van der Waals surface area contributed by atoms with Gasteiger partial charge in [0.2, 0.25) is 5.91 Å². The first-order chi connectivity index (χ1) is 10.3. The minimum Gasteiger partial charge on any atom is -0.385 e. The predicted octanol–water partition coefficient (Wildman–Crippen LogP) is 1.71. The zero-order valence-electron chi connectivity index (χ0n) is 12.8. The van der Waals surface area contributed by atoms with Gasteiger partial charge in [-0.2, -0.15) is 0 Å². The van der Waals surface area contributed by atoms with Crippen LogP contribution in [0.3, 0.4) is 0 Å². The molecule has 0 bridgehead atoms. The van der Waals surface area contributed by atoms with Gasteiger partial charge in [-0.15, -0.1) is 0 Å². The van der Waals surface area contributed by atoms with Crippen LogP contribution in [0.25, 0.3) is 0 Å². The zero-order chi connectivity index (χ0) is 15.1. The Balaban J connectivity index is 2.03. The molecule has 1 aromatic rings. The van der Waals surface area contributed by atoms with E-state index in [0.29, 0.717) is 32.8 Å². The summed E-state index contributed by atoms with van der Waals surface area (Å²) < 4.78 is 10.2. The number of amides is 1. The summed E-state index contributed by atoms with van der Waals surface area (Å²) in [5.41, 5.74) is 2.16. The van der Waals surface area contributed by atoms with Gasteiger partial charge < -0.3 is 19.7 Å². The Labute approximate surface area is 126 Å². The Morgan fingerprint density at radius 2 is 2.00 bits per heavy atom. The third kappa shape index (κ3) is 3.95. The molecule has 0 saturated carbocycles. The molecule has 1 aromatic carbocycles. The fraction of sp³-hybridized carbons (Fsp3) is 0.562. The molecule has 5 nitrogen and oxygen atoms in total. The van der Waals surface area contributed by atoms with Gasteiger partial charge in [0.1, 0.15) is 0 Å². The van der Waals surface area contributed by atoms with Crippen molar-refractivity contribution in [3.8, 4) is 0 Å². The molecule has 1 aliphatic rings. The van der Waals surface area contributed by atoms with E-state index in [-0.39, 0.29) is 11.8 Å². The lowest BCUT2D eigenvalue weighted by atomic mass is 10.00. The summed E-state index contributed by atoms with van der Waals surface area (Å²) in [6.07, 6.45) is 0.841. The van der Waals surface area contributed by atoms with Gasteiger partial charge in [0.25, 0.3) is 0 Å². The van der Waals surface area contributed by atoms with Crippen molar-refractivity contribution < 1.29 is 14.3 Å². The number of nitrogens with one attached hydrogen (secondary N) is 1. The van der Waals surface area contributed by atoms with Crippen LogP contribution in [-0.4, -0.2) is 57.9 Å². The van der Waals surface area contributed by atoms with E-state index in [4.69, 9.17) is 9.47 Å². The minimum atomic E-state index is -0.0967. The Hall–Kier alpha value is -1.59. The smallest absolute Gasteiger partial charge is 0.232 e. The van der Waals surface area contributed by atoms with Gasteiger partial charge in [0.15, 0.2) is 0 Å². The maximum absolute atomic E-state index is 12.8. The molecular formula is C16H24N2O3. The van der Waals surface area contributed by atoms with Crippen LogP contribution in [0.2, 0.25) is 0 Å². The number of carbonyl (C=O) groups excluding carboxylic acids is 1. The van der Waals surface area contributed by atoms with E-state index in [0.717, 1.165) is 17.7 Å². The summed E-state index contributed by atoms with van der Waals surface area (Å²) in [4.78, 5) is 14.7. The third-order valence-electron chi connectivity index (χ3n) is 3.78. The lowest BCUT2D eigenvalue weighted by molar-refractivity contribution is -0.133. The summed E-state index contributed by atoms with van der Waals surface area (Å²) in [7, 11) is 3.34. The fourth-order valence-corrected chi connectivity index (χ4v) is 2.66. The van der Waals surface area contributed by atoms with Crippen LogP contribution in [0.5, 0.6) is 0 Å². The predicted molar refractivity (Wildman–Crippen MR) is 82.6 cm³/mol. The molecule has 0 saturated heterocycles. The molecule has 1 atom stereocenters. The number of hydrogen-bond donors (Lipinski definition) is 1. The number of carbonyl (C=O) groups is 1. The summed E-state index contributed by atoms with van der Waals surface area (Å²) >= 11 is 0. The van der Waals surface area contributed by atoms with Crippen molar-refractivity contribution in [3.05, 3.63) is 29.8 Å². The van der Waals surface area contributed by atoms with Gasteiger partial charge in [0, 0.05) is 46.1 Å². The average Bonchev–Trinajstić information content (AvgIpc) is 2.94. The van der Waals surface area contributed by atoms with Gasteiger partial charge in [-0.25, -0.2) is 0 Å². The molecule has 116 valence electrons. The number of fused-ring (bicyclic) bond motifs is 1. The molecule has 1 aliphatic heterocycles. The van der Waals surface area contributed by atoms with Gasteiger partial charge >= 0.3 is 0 Å². The van der Waals surface area contributed by atoms with Crippen molar-refractivity contribution in [2.75, 3.05) is 52.4 Å². The van der Waals surface area contributed by atoms with Crippen molar-refractivity contribution in [2.24, 2.45) is 0 Å². The van der Waals surface area contributed by atoms with Gasteiger partial charge in [-0.05, 0) is 18.1 Å². The van der Waals surface area contributed by atoms with Crippen molar-refractivity contribution >= 4 is 11.6 Å². The van der Waals surface area contributed by atoms with Crippen molar-refractivity contribution in [2.45, 2.75) is 12.3 Å². The van der Waals surface area contributed by atoms with E-state index in [9.17, 15) is 4.79 Å². The molecule has 0 spiro atoms. The first-order valence-corrected chi connectivity index (χ1v) is 7.37.